The number of nitrogens with one attached hydrogen (secondary N) is 2. The van der Waals surface area contributed by atoms with Crippen molar-refractivity contribution in [2.24, 2.45) is 10.9 Å². The molecular weight excluding hydrogens is 288 g/mol. The normalized spacial score (nSPS) is 17.4. The Bertz CT molecular complexity index is 434. The van der Waals surface area contributed by atoms with Gasteiger partial charge in [-0.05, 0) is 57.3 Å². The maximum atomic E-state index is 4.31. The molecule has 2 N–H and O–H groups in total. The average molecular weight is 320 g/mol. The Morgan fingerprint density at radius 2 is 2.09 bits per heavy atom. The van der Waals surface area contributed by atoms with E-state index in [1.165, 1.54) is 38.9 Å². The lowest BCUT2D eigenvalue weighted by Gasteiger charge is -2.32. The third kappa shape index (κ3) is 6.60. The maximum Gasteiger partial charge on any atom is 0.190 e. The summed E-state index contributed by atoms with van der Waals surface area (Å²) in [5.74, 6) is 1.69. The van der Waals surface area contributed by atoms with Gasteiger partial charge in [0, 0.05) is 39.1 Å². The largest absolute Gasteiger partial charge is 0.356 e. The highest BCUT2D eigenvalue weighted by atomic mass is 15.3. The van der Waals surface area contributed by atoms with Gasteiger partial charge in [-0.2, -0.15) is 5.10 Å². The fourth-order valence-electron chi connectivity index (χ4n) is 3.07. The molecule has 0 unspecified atom stereocenters. The molecule has 1 aliphatic rings. The summed E-state index contributed by atoms with van der Waals surface area (Å²) in [7, 11) is 1.84. The number of likely N-dealkylation sites (tertiary alicyclic amines) is 1. The molecule has 1 aliphatic heterocycles. The smallest absolute Gasteiger partial charge is 0.190 e. The van der Waals surface area contributed by atoms with Crippen LogP contribution < -0.4 is 10.6 Å². The number of hydrogen-bond donors (Lipinski definition) is 2. The Morgan fingerprint density at radius 1 is 1.26 bits per heavy atom. The van der Waals surface area contributed by atoms with Crippen molar-refractivity contribution in [3.8, 4) is 0 Å². The molecule has 1 aromatic heterocycles. The minimum absolute atomic E-state index is 0.769. The second-order valence-corrected chi connectivity index (χ2v) is 6.29. The van der Waals surface area contributed by atoms with E-state index in [9.17, 15) is 0 Å². The van der Waals surface area contributed by atoms with Crippen molar-refractivity contribution in [1.29, 1.82) is 0 Å². The van der Waals surface area contributed by atoms with E-state index >= 15 is 0 Å². The number of hydrogen-bond acceptors (Lipinski definition) is 3. The summed E-state index contributed by atoms with van der Waals surface area (Å²) in [6, 6.07) is 1.96. The second kappa shape index (κ2) is 10.3. The van der Waals surface area contributed by atoms with Gasteiger partial charge in [0.05, 0.1) is 0 Å². The van der Waals surface area contributed by atoms with Crippen molar-refractivity contribution in [2.75, 3.05) is 39.8 Å². The van der Waals surface area contributed by atoms with Crippen LogP contribution in [0, 0.1) is 5.92 Å². The SMILES string of the molecule is CCCN1CCC(CNC(=NC)NCCCn2cccn2)CC1. The molecule has 1 saturated heterocycles. The zero-order valence-corrected chi connectivity index (χ0v) is 14.7. The molecule has 130 valence electrons. The van der Waals surface area contributed by atoms with E-state index in [-0.39, 0.29) is 0 Å². The van der Waals surface area contributed by atoms with Gasteiger partial charge in [0.25, 0.3) is 0 Å². The van der Waals surface area contributed by atoms with Crippen molar-refractivity contribution >= 4 is 5.96 Å². The van der Waals surface area contributed by atoms with E-state index in [2.05, 4.69) is 32.5 Å². The van der Waals surface area contributed by atoms with Gasteiger partial charge in [-0.3, -0.25) is 9.67 Å². The zero-order valence-electron chi connectivity index (χ0n) is 14.7. The molecule has 0 aliphatic carbocycles. The molecule has 6 nitrogen and oxygen atoms in total. The van der Waals surface area contributed by atoms with Crippen LogP contribution in [0.2, 0.25) is 0 Å². The van der Waals surface area contributed by atoms with E-state index in [1.54, 1.807) is 0 Å². The second-order valence-electron chi connectivity index (χ2n) is 6.29. The highest BCUT2D eigenvalue weighted by Crippen LogP contribution is 2.16. The van der Waals surface area contributed by atoms with Crippen molar-refractivity contribution in [1.82, 2.24) is 25.3 Å². The average Bonchev–Trinajstić information content (AvgIpc) is 3.09. The first-order chi connectivity index (χ1) is 11.3. The van der Waals surface area contributed by atoms with Gasteiger partial charge in [0.15, 0.2) is 5.96 Å². The van der Waals surface area contributed by atoms with E-state index < -0.39 is 0 Å². The first-order valence-corrected chi connectivity index (χ1v) is 8.96. The first kappa shape index (κ1) is 17.8. The van der Waals surface area contributed by atoms with Gasteiger partial charge >= 0.3 is 0 Å². The highest BCUT2D eigenvalue weighted by molar-refractivity contribution is 5.79. The quantitative estimate of drug-likeness (QED) is 0.434. The minimum Gasteiger partial charge on any atom is -0.356 e. The van der Waals surface area contributed by atoms with Crippen LogP contribution in [0.25, 0.3) is 0 Å². The van der Waals surface area contributed by atoms with Crippen LogP contribution in [0.5, 0.6) is 0 Å². The summed E-state index contributed by atoms with van der Waals surface area (Å²) >= 11 is 0. The fraction of sp³-hybridized carbons (Fsp3) is 0.765. The lowest BCUT2D eigenvalue weighted by molar-refractivity contribution is 0.185. The van der Waals surface area contributed by atoms with Crippen LogP contribution in [0.3, 0.4) is 0 Å². The van der Waals surface area contributed by atoms with Crippen molar-refractivity contribution in [3.63, 3.8) is 0 Å². The number of aromatic nitrogens is 2. The van der Waals surface area contributed by atoms with Gasteiger partial charge in [-0.1, -0.05) is 6.92 Å². The van der Waals surface area contributed by atoms with Gasteiger partial charge in [0.2, 0.25) is 0 Å². The number of guanidine groups is 1. The molecule has 0 aromatic carbocycles. The number of aliphatic imine (C=N–C) groups is 1. The van der Waals surface area contributed by atoms with E-state index in [0.717, 1.165) is 37.9 Å². The summed E-state index contributed by atoms with van der Waals surface area (Å²) in [6.07, 6.45) is 8.71. The topological polar surface area (TPSA) is 57.5 Å². The molecule has 1 aromatic rings. The molecule has 0 spiro atoms. The Hall–Kier alpha value is -1.56. The van der Waals surface area contributed by atoms with Crippen LogP contribution in [0.15, 0.2) is 23.5 Å². The number of rotatable bonds is 8. The Balaban J connectivity index is 1.56. The predicted octanol–water partition coefficient (Wildman–Crippen LogP) is 1.56. The molecule has 0 atom stereocenters. The van der Waals surface area contributed by atoms with Gasteiger partial charge in [0.1, 0.15) is 0 Å². The lowest BCUT2D eigenvalue weighted by Crippen LogP contribution is -2.43. The molecule has 6 heteroatoms. The highest BCUT2D eigenvalue weighted by Gasteiger charge is 2.18. The van der Waals surface area contributed by atoms with Crippen LogP contribution in [-0.2, 0) is 6.54 Å². The van der Waals surface area contributed by atoms with Gasteiger partial charge < -0.3 is 15.5 Å². The molecule has 0 bridgehead atoms. The maximum absolute atomic E-state index is 4.31. The summed E-state index contributed by atoms with van der Waals surface area (Å²) < 4.78 is 1.96. The summed E-state index contributed by atoms with van der Waals surface area (Å²) in [6.45, 7) is 8.88. The summed E-state index contributed by atoms with van der Waals surface area (Å²) in [5, 5.41) is 11.1. The van der Waals surface area contributed by atoms with Crippen LogP contribution in [0.1, 0.15) is 32.6 Å². The molecule has 0 amide bonds. The van der Waals surface area contributed by atoms with Crippen molar-refractivity contribution < 1.29 is 0 Å². The number of piperidine rings is 1. The van der Waals surface area contributed by atoms with E-state index in [1.807, 2.05) is 30.2 Å². The molecular formula is C17H32N6. The van der Waals surface area contributed by atoms with Crippen LogP contribution in [-0.4, -0.2) is 60.4 Å². The summed E-state index contributed by atoms with van der Waals surface area (Å²) in [4.78, 5) is 6.90. The van der Waals surface area contributed by atoms with Crippen molar-refractivity contribution in [2.45, 2.75) is 39.2 Å². The Kier molecular flexibility index (Phi) is 7.93. The first-order valence-electron chi connectivity index (χ1n) is 8.96. The Labute approximate surface area is 140 Å². The molecule has 23 heavy (non-hydrogen) atoms. The summed E-state index contributed by atoms with van der Waals surface area (Å²) in [5.41, 5.74) is 0. The predicted molar refractivity (Wildman–Crippen MR) is 95.7 cm³/mol. The van der Waals surface area contributed by atoms with E-state index in [0.29, 0.717) is 0 Å². The van der Waals surface area contributed by atoms with Crippen molar-refractivity contribution in [3.05, 3.63) is 18.5 Å². The zero-order chi connectivity index (χ0) is 16.3. The number of aryl methyl sites for hydroxylation is 1. The molecule has 0 radical (unpaired) electrons. The van der Waals surface area contributed by atoms with Gasteiger partial charge in [-0.25, -0.2) is 0 Å². The third-order valence-electron chi connectivity index (χ3n) is 4.44. The molecule has 2 heterocycles. The third-order valence-corrected chi connectivity index (χ3v) is 4.44. The van der Waals surface area contributed by atoms with Gasteiger partial charge in [-0.15, -0.1) is 0 Å². The lowest BCUT2D eigenvalue weighted by atomic mass is 9.97. The fourth-order valence-corrected chi connectivity index (χ4v) is 3.07. The standard InChI is InChI=1S/C17H32N6/c1-3-10-22-13-6-16(7-14-22)15-20-17(18-2)19-8-4-11-23-12-5-9-21-23/h5,9,12,16H,3-4,6-8,10-11,13-15H2,1-2H3,(H2,18,19,20). The number of nitrogens with zero attached hydrogens (tertiary/aromatic N) is 4. The molecule has 2 rings (SSSR count). The minimum atomic E-state index is 0.769. The molecule has 1 fully saturated rings. The molecule has 0 saturated carbocycles. The Morgan fingerprint density at radius 3 is 2.74 bits per heavy atom. The van der Waals surface area contributed by atoms with E-state index in [4.69, 9.17) is 0 Å². The monoisotopic (exact) mass is 320 g/mol. The van der Waals surface area contributed by atoms with Crippen LogP contribution in [0.4, 0.5) is 0 Å². The van der Waals surface area contributed by atoms with Crippen LogP contribution >= 0.6 is 0 Å².